The molecule has 4 heteroatoms. The summed E-state index contributed by atoms with van der Waals surface area (Å²) in [5, 5.41) is 0. The second-order valence-electron chi connectivity index (χ2n) is 7.12. The lowest BCUT2D eigenvalue weighted by atomic mass is 9.65. The molecule has 0 amide bonds. The first kappa shape index (κ1) is 19.1. The zero-order valence-corrected chi connectivity index (χ0v) is 17.9. The second kappa shape index (κ2) is 7.91. The summed E-state index contributed by atoms with van der Waals surface area (Å²) >= 11 is 7.06. The van der Waals surface area contributed by atoms with Crippen LogP contribution in [0.3, 0.4) is 0 Å². The Morgan fingerprint density at radius 2 is 1.28 bits per heavy atom. The minimum absolute atomic E-state index is 0.190. The highest BCUT2D eigenvalue weighted by Crippen LogP contribution is 2.49. The topological polar surface area (TPSA) is 18.5 Å². The summed E-state index contributed by atoms with van der Waals surface area (Å²) in [4.78, 5) is 0. The second-order valence-corrected chi connectivity index (χ2v) is 8.95. The molecule has 1 aliphatic carbocycles. The fraction of sp³-hybridized carbons (Fsp3) is 0.429. The molecule has 1 saturated carbocycles. The Labute approximate surface area is 167 Å². The minimum atomic E-state index is -0.258. The van der Waals surface area contributed by atoms with Crippen LogP contribution >= 0.6 is 31.9 Å². The van der Waals surface area contributed by atoms with Crippen molar-refractivity contribution < 1.29 is 9.47 Å². The average Bonchev–Trinajstić information content (AvgIpc) is 2.63. The molecule has 0 bridgehead atoms. The number of hydrogen-bond acceptors (Lipinski definition) is 2. The lowest BCUT2D eigenvalue weighted by molar-refractivity contribution is -0.156. The molecule has 0 atom stereocenters. The molecule has 1 aliphatic rings. The van der Waals surface area contributed by atoms with Crippen LogP contribution in [0.2, 0.25) is 0 Å². The Hall–Kier alpha value is -0.680. The molecule has 2 nitrogen and oxygen atoms in total. The van der Waals surface area contributed by atoms with Gasteiger partial charge in [-0.15, -0.1) is 0 Å². The summed E-state index contributed by atoms with van der Waals surface area (Å²) in [6, 6.07) is 17.3. The number of hydrogen-bond donors (Lipinski definition) is 0. The van der Waals surface area contributed by atoms with Gasteiger partial charge in [0, 0.05) is 16.1 Å². The van der Waals surface area contributed by atoms with Gasteiger partial charge < -0.3 is 9.47 Å². The number of rotatable bonds is 5. The van der Waals surface area contributed by atoms with Crippen molar-refractivity contribution in [2.45, 2.75) is 43.6 Å². The molecule has 1 fully saturated rings. The maximum absolute atomic E-state index is 6.25. The maximum atomic E-state index is 6.25. The number of benzene rings is 2. The smallest absolute Gasteiger partial charge is 0.147 e. The van der Waals surface area contributed by atoms with Crippen molar-refractivity contribution in [3.63, 3.8) is 0 Å². The van der Waals surface area contributed by atoms with Gasteiger partial charge >= 0.3 is 0 Å². The van der Waals surface area contributed by atoms with E-state index in [2.05, 4.69) is 87.3 Å². The molecular weight excluding hydrogens is 444 g/mol. The highest BCUT2D eigenvalue weighted by Gasteiger charge is 2.43. The summed E-state index contributed by atoms with van der Waals surface area (Å²) < 4.78 is 13.7. The molecular formula is C21H24Br2O2. The van der Waals surface area contributed by atoms with Gasteiger partial charge in [0.15, 0.2) is 0 Å². The lowest BCUT2D eigenvalue weighted by Crippen LogP contribution is -2.40. The zero-order valence-electron chi connectivity index (χ0n) is 14.7. The van der Waals surface area contributed by atoms with E-state index < -0.39 is 0 Å². The van der Waals surface area contributed by atoms with Crippen molar-refractivity contribution in [1.29, 1.82) is 0 Å². The van der Waals surface area contributed by atoms with E-state index >= 15 is 0 Å². The summed E-state index contributed by atoms with van der Waals surface area (Å²) in [7, 11) is 1.68. The molecule has 0 heterocycles. The first-order valence-corrected chi connectivity index (χ1v) is 10.2. The molecule has 0 unspecified atom stereocenters. The van der Waals surface area contributed by atoms with Crippen molar-refractivity contribution in [3.05, 3.63) is 68.6 Å². The van der Waals surface area contributed by atoms with E-state index in [0.29, 0.717) is 6.79 Å². The normalized spacial score (nSPS) is 26.6. The monoisotopic (exact) mass is 466 g/mol. The van der Waals surface area contributed by atoms with Gasteiger partial charge in [0.25, 0.3) is 0 Å². The molecule has 0 spiro atoms. The summed E-state index contributed by atoms with van der Waals surface area (Å²) in [5.74, 6) is 0. The van der Waals surface area contributed by atoms with E-state index in [1.54, 1.807) is 7.11 Å². The van der Waals surface area contributed by atoms with Gasteiger partial charge in [-0.25, -0.2) is 0 Å². The van der Waals surface area contributed by atoms with Crippen LogP contribution < -0.4 is 0 Å². The quantitative estimate of drug-likeness (QED) is 0.463. The van der Waals surface area contributed by atoms with Crippen molar-refractivity contribution in [2.24, 2.45) is 0 Å². The highest BCUT2D eigenvalue weighted by atomic mass is 79.9. The molecule has 0 N–H and O–H groups in total. The van der Waals surface area contributed by atoms with Crippen molar-refractivity contribution in [1.82, 2.24) is 0 Å². The molecule has 0 saturated heterocycles. The lowest BCUT2D eigenvalue weighted by Gasteiger charge is -2.45. The predicted molar refractivity (Wildman–Crippen MR) is 109 cm³/mol. The van der Waals surface area contributed by atoms with E-state index in [4.69, 9.17) is 9.47 Å². The number of halogens is 2. The zero-order chi connectivity index (χ0) is 17.9. The first-order valence-electron chi connectivity index (χ1n) is 8.62. The Morgan fingerprint density at radius 3 is 1.76 bits per heavy atom. The van der Waals surface area contributed by atoms with Gasteiger partial charge in [0.1, 0.15) is 6.79 Å². The SMILES string of the molecule is COCOC1(c2ccc(Br)cc2)CCC(C)(c2ccc(Br)cc2)CC1. The van der Waals surface area contributed by atoms with Crippen molar-refractivity contribution in [3.8, 4) is 0 Å². The fourth-order valence-electron chi connectivity index (χ4n) is 3.79. The van der Waals surface area contributed by atoms with Gasteiger partial charge in [-0.1, -0.05) is 63.0 Å². The highest BCUT2D eigenvalue weighted by molar-refractivity contribution is 9.10. The van der Waals surface area contributed by atoms with Crippen molar-refractivity contribution in [2.75, 3.05) is 13.9 Å². The van der Waals surface area contributed by atoms with Gasteiger partial charge in [0.2, 0.25) is 0 Å². The summed E-state index contributed by atoms with van der Waals surface area (Å²) in [6.45, 7) is 2.70. The van der Waals surface area contributed by atoms with Gasteiger partial charge in [-0.05, 0) is 66.5 Å². The summed E-state index contributed by atoms with van der Waals surface area (Å²) in [5.41, 5.74) is 2.58. The van der Waals surface area contributed by atoms with Gasteiger partial charge in [-0.2, -0.15) is 0 Å². The maximum Gasteiger partial charge on any atom is 0.147 e. The Kier molecular flexibility index (Phi) is 6.04. The van der Waals surface area contributed by atoms with Gasteiger partial charge in [-0.3, -0.25) is 0 Å². The number of methoxy groups -OCH3 is 1. The van der Waals surface area contributed by atoms with Crippen LogP contribution in [-0.4, -0.2) is 13.9 Å². The molecule has 3 rings (SSSR count). The van der Waals surface area contributed by atoms with E-state index in [0.717, 1.165) is 34.6 Å². The standard InChI is InChI=1S/C21H24Br2O2/c1-20(16-3-7-18(22)8-4-16)11-13-21(14-12-20,25-15-24-2)17-5-9-19(23)10-6-17/h3-10H,11-15H2,1-2H3. The third-order valence-corrected chi connectivity index (χ3v) is 6.58. The first-order chi connectivity index (χ1) is 12.0. The van der Waals surface area contributed by atoms with Crippen LogP contribution in [0.4, 0.5) is 0 Å². The van der Waals surface area contributed by atoms with Crippen molar-refractivity contribution >= 4 is 31.9 Å². The molecule has 0 radical (unpaired) electrons. The van der Waals surface area contributed by atoms with Crippen LogP contribution in [0.5, 0.6) is 0 Å². The van der Waals surface area contributed by atoms with E-state index in [9.17, 15) is 0 Å². The van der Waals surface area contributed by atoms with E-state index in [1.807, 2.05) is 0 Å². The number of ether oxygens (including phenoxy) is 2. The van der Waals surface area contributed by atoms with Crippen LogP contribution in [0.15, 0.2) is 57.5 Å². The third-order valence-electron chi connectivity index (χ3n) is 5.53. The predicted octanol–water partition coefficient (Wildman–Crippen LogP) is 6.56. The molecule has 2 aromatic carbocycles. The van der Waals surface area contributed by atoms with E-state index in [-0.39, 0.29) is 11.0 Å². The molecule has 0 aliphatic heterocycles. The fourth-order valence-corrected chi connectivity index (χ4v) is 4.32. The largest absolute Gasteiger partial charge is 0.359 e. The van der Waals surface area contributed by atoms with Gasteiger partial charge in [0.05, 0.1) is 5.60 Å². The molecule has 0 aromatic heterocycles. The Balaban J connectivity index is 1.83. The van der Waals surface area contributed by atoms with Crippen LogP contribution in [0.25, 0.3) is 0 Å². The summed E-state index contributed by atoms with van der Waals surface area (Å²) in [6.07, 6.45) is 4.16. The third kappa shape index (κ3) is 4.19. The van der Waals surface area contributed by atoms with Crippen LogP contribution in [-0.2, 0) is 20.5 Å². The molecule has 134 valence electrons. The molecule has 25 heavy (non-hydrogen) atoms. The van der Waals surface area contributed by atoms with Crippen LogP contribution in [0.1, 0.15) is 43.7 Å². The average molecular weight is 468 g/mol. The Morgan fingerprint density at radius 1 is 0.800 bits per heavy atom. The minimum Gasteiger partial charge on any atom is -0.359 e. The molecule has 2 aromatic rings. The van der Waals surface area contributed by atoms with E-state index in [1.165, 1.54) is 11.1 Å². The van der Waals surface area contributed by atoms with Crippen LogP contribution in [0, 0.1) is 0 Å². The Bertz CT molecular complexity index is 687.